The Bertz CT molecular complexity index is 1060. The lowest BCUT2D eigenvalue weighted by molar-refractivity contribution is -0.142. The summed E-state index contributed by atoms with van der Waals surface area (Å²) in [4.78, 5) is 27.4. The van der Waals surface area contributed by atoms with E-state index in [0.717, 1.165) is 23.8 Å². The van der Waals surface area contributed by atoms with Crippen molar-refractivity contribution in [3.8, 4) is 0 Å². The van der Waals surface area contributed by atoms with Crippen LogP contribution in [0.1, 0.15) is 26.5 Å². The number of nitrogens with one attached hydrogen (secondary N) is 1. The van der Waals surface area contributed by atoms with E-state index in [4.69, 9.17) is 19.5 Å². The molecule has 2 heterocycles. The topological polar surface area (TPSA) is 164 Å². The van der Waals surface area contributed by atoms with Crippen LogP contribution >= 0.6 is 7.75 Å². The van der Waals surface area contributed by atoms with Crippen molar-refractivity contribution in [2.45, 2.75) is 44.7 Å². The summed E-state index contributed by atoms with van der Waals surface area (Å²) < 4.78 is 48.8. The largest absolute Gasteiger partial charge is 0.468 e. The van der Waals surface area contributed by atoms with Crippen LogP contribution in [0.25, 0.3) is 0 Å². The molecule has 0 bridgehead atoms. The van der Waals surface area contributed by atoms with E-state index in [1.54, 1.807) is 0 Å². The van der Waals surface area contributed by atoms with Gasteiger partial charge in [0.05, 0.1) is 19.8 Å². The molecule has 5 atom stereocenters. The number of aliphatic hydroxyl groups is 1. The van der Waals surface area contributed by atoms with Crippen LogP contribution in [0.2, 0.25) is 0 Å². The minimum Gasteiger partial charge on any atom is -0.468 e. The number of nitrogens with zero attached hydrogens (tertiary/aromatic N) is 2. The highest BCUT2D eigenvalue weighted by Gasteiger charge is 2.39. The molecule has 0 radical (unpaired) electrons. The second-order valence-electron chi connectivity index (χ2n) is 7.27. The van der Waals surface area contributed by atoms with E-state index in [1.807, 2.05) is 0 Å². The highest BCUT2D eigenvalue weighted by Crippen LogP contribution is 2.47. The van der Waals surface area contributed by atoms with Gasteiger partial charge in [-0.1, -0.05) is 6.58 Å². The molecule has 34 heavy (non-hydrogen) atoms. The smallest absolute Gasteiger partial charge is 0.459 e. The first-order valence-electron chi connectivity index (χ1n) is 10.1. The second kappa shape index (κ2) is 12.0. The zero-order valence-corrected chi connectivity index (χ0v) is 19.8. The summed E-state index contributed by atoms with van der Waals surface area (Å²) in [6.45, 7) is 5.61. The molecule has 1 aliphatic heterocycles. The number of anilines is 1. The van der Waals surface area contributed by atoms with Gasteiger partial charge in [0.2, 0.25) is 0 Å². The second-order valence-corrected chi connectivity index (χ2v) is 8.96. The van der Waals surface area contributed by atoms with Crippen molar-refractivity contribution in [3.63, 3.8) is 0 Å². The van der Waals surface area contributed by atoms with E-state index in [1.165, 1.54) is 32.2 Å². The number of methoxy groups -OCH3 is 1. The number of nitrogen functional groups attached to an aromatic ring is 1. The van der Waals surface area contributed by atoms with Gasteiger partial charge in [0.15, 0.2) is 0 Å². The number of hydrogen-bond acceptors (Lipinski definition) is 10. The van der Waals surface area contributed by atoms with Gasteiger partial charge < -0.3 is 24.8 Å². The Labute approximate surface area is 195 Å². The summed E-state index contributed by atoms with van der Waals surface area (Å²) in [5.41, 5.74) is 4.81. The van der Waals surface area contributed by atoms with E-state index >= 15 is 0 Å². The normalized spacial score (nSPS) is 23.7. The number of carbonyl (C=O) groups excluding carboxylic acids is 1. The van der Waals surface area contributed by atoms with E-state index in [0.29, 0.717) is 0 Å². The fraction of sp³-hybridized carbons (Fsp3) is 0.450. The van der Waals surface area contributed by atoms with Crippen molar-refractivity contribution >= 4 is 19.5 Å². The van der Waals surface area contributed by atoms with E-state index < -0.39 is 56.3 Å². The predicted molar refractivity (Wildman–Crippen MR) is 120 cm³/mol. The molecule has 1 aromatic rings. The van der Waals surface area contributed by atoms with Gasteiger partial charge in [-0.2, -0.15) is 10.1 Å². The maximum Gasteiger partial charge on any atom is 0.459 e. The number of carbonyl (C=O) groups is 1. The van der Waals surface area contributed by atoms with Crippen LogP contribution in [0.5, 0.6) is 0 Å². The van der Waals surface area contributed by atoms with Gasteiger partial charge in [-0.25, -0.2) is 13.8 Å². The number of rotatable bonds is 11. The highest BCUT2D eigenvalue weighted by atomic mass is 31.2. The molecule has 1 saturated heterocycles. The first-order valence-corrected chi connectivity index (χ1v) is 11.7. The number of nitrogens with two attached hydrogens (primary N) is 1. The van der Waals surface area contributed by atoms with E-state index in [-0.39, 0.29) is 18.0 Å². The summed E-state index contributed by atoms with van der Waals surface area (Å²) >= 11 is 0. The van der Waals surface area contributed by atoms with Crippen LogP contribution < -0.4 is 16.5 Å². The molecule has 0 aliphatic carbocycles. The third-order valence-corrected chi connectivity index (χ3v) is 6.34. The van der Waals surface area contributed by atoms with Crippen LogP contribution in [0.3, 0.4) is 0 Å². The molecule has 1 fully saturated rings. The van der Waals surface area contributed by atoms with Crippen LogP contribution in [0.15, 0.2) is 53.5 Å². The number of allylic oxidation sites excluding steroid dienone is 5. The van der Waals surface area contributed by atoms with Gasteiger partial charge in [0, 0.05) is 12.6 Å². The predicted octanol–water partition coefficient (Wildman–Crippen LogP) is 1.71. The summed E-state index contributed by atoms with van der Waals surface area (Å²) in [5, 5.41) is 12.8. The molecule has 1 unspecified atom stereocenters. The molecule has 188 valence electrons. The Balaban J connectivity index is 2.15. The van der Waals surface area contributed by atoms with Crippen LogP contribution in [0, 0.1) is 0 Å². The third kappa shape index (κ3) is 7.61. The molecule has 0 spiro atoms. The number of esters is 1. The van der Waals surface area contributed by atoms with Crippen LogP contribution in [0.4, 0.5) is 10.2 Å². The number of hydrogen-bond donors (Lipinski definition) is 3. The molecular formula is C20H28FN4O8P. The lowest BCUT2D eigenvalue weighted by atomic mass is 10.2. The fourth-order valence-electron chi connectivity index (χ4n) is 2.89. The van der Waals surface area contributed by atoms with Gasteiger partial charge in [0.25, 0.3) is 0 Å². The van der Waals surface area contributed by atoms with Crippen molar-refractivity contribution in [1.82, 2.24) is 14.6 Å². The van der Waals surface area contributed by atoms with E-state index in [9.17, 15) is 23.7 Å². The Morgan fingerprint density at radius 3 is 2.88 bits per heavy atom. The van der Waals surface area contributed by atoms with Crippen LogP contribution in [-0.2, 0) is 27.9 Å². The molecule has 0 amide bonds. The number of ether oxygens (including phenoxy) is 2. The van der Waals surface area contributed by atoms with Crippen molar-refractivity contribution in [2.75, 3.05) is 19.5 Å². The number of halogens is 1. The SMILES string of the molecule is C=C/C(F)=C\C=C(/C)OP(=O)(N[C@@H](C)C(=O)OC)OC[C@H]1O[C@@H](n2ccc(N)nc2=O)C[C@H]1O. The molecule has 14 heteroatoms. The van der Waals surface area contributed by atoms with Crippen molar-refractivity contribution < 1.29 is 37.4 Å². The standard InChI is InChI=1S/C20H28FN4O8P/c1-5-14(21)7-6-12(2)33-34(29,24-13(3)19(27)30-4)31-11-16-15(26)10-18(32-16)25-9-8-17(22)23-20(25)28/h5-9,13,15-16,18,26H,1,10-11H2,2-4H3,(H,24,29)(H2,22,23,28)/b12-6+,14-7+/t13-,15+,16+,18+,34?/m0/s1. The lowest BCUT2D eigenvalue weighted by Crippen LogP contribution is -2.35. The molecule has 12 nitrogen and oxygen atoms in total. The summed E-state index contributed by atoms with van der Waals surface area (Å²) in [6.07, 6.45) is 1.66. The Kier molecular flexibility index (Phi) is 9.71. The Morgan fingerprint density at radius 2 is 2.26 bits per heavy atom. The first-order chi connectivity index (χ1) is 16.0. The molecule has 4 N–H and O–H groups in total. The maximum atomic E-state index is 13.3. The monoisotopic (exact) mass is 502 g/mol. The average molecular weight is 502 g/mol. The molecular weight excluding hydrogens is 474 g/mol. The zero-order valence-electron chi connectivity index (χ0n) is 18.9. The minimum atomic E-state index is -4.24. The minimum absolute atomic E-state index is 0.00448. The lowest BCUT2D eigenvalue weighted by Gasteiger charge is -2.24. The fourth-order valence-corrected chi connectivity index (χ4v) is 4.44. The summed E-state index contributed by atoms with van der Waals surface area (Å²) in [5.74, 6) is -1.36. The summed E-state index contributed by atoms with van der Waals surface area (Å²) in [7, 11) is -3.09. The van der Waals surface area contributed by atoms with Gasteiger partial charge in [-0.3, -0.25) is 13.9 Å². The van der Waals surface area contributed by atoms with Crippen molar-refractivity contribution in [1.29, 1.82) is 0 Å². The highest BCUT2D eigenvalue weighted by molar-refractivity contribution is 7.51. The average Bonchev–Trinajstić information content (AvgIpc) is 3.15. The van der Waals surface area contributed by atoms with Crippen LogP contribution in [-0.4, -0.2) is 52.6 Å². The first kappa shape index (κ1) is 27.4. The van der Waals surface area contributed by atoms with Gasteiger partial charge in [0.1, 0.15) is 35.8 Å². The molecule has 1 aliphatic rings. The molecule has 1 aromatic heterocycles. The van der Waals surface area contributed by atoms with Gasteiger partial charge in [-0.05, 0) is 38.1 Å². The number of aromatic nitrogens is 2. The molecule has 0 aromatic carbocycles. The third-order valence-electron chi connectivity index (χ3n) is 4.62. The van der Waals surface area contributed by atoms with Gasteiger partial charge >= 0.3 is 19.4 Å². The molecule has 2 rings (SSSR count). The quantitative estimate of drug-likeness (QED) is 0.175. The molecule has 0 saturated carbocycles. The maximum absolute atomic E-state index is 13.3. The van der Waals surface area contributed by atoms with Gasteiger partial charge in [-0.15, -0.1) is 0 Å². The van der Waals surface area contributed by atoms with Crippen molar-refractivity contribution in [2.24, 2.45) is 0 Å². The Morgan fingerprint density at radius 1 is 1.56 bits per heavy atom. The van der Waals surface area contributed by atoms with Crippen molar-refractivity contribution in [3.05, 3.63) is 59.1 Å². The summed E-state index contributed by atoms with van der Waals surface area (Å²) in [6, 6.07) is 0.311. The van der Waals surface area contributed by atoms with E-state index in [2.05, 4.69) is 21.4 Å². The zero-order chi connectivity index (χ0) is 25.5. The Hall–Kier alpha value is -2.83. The number of aliphatic hydroxyl groups excluding tert-OH is 1.